The first-order chi connectivity index (χ1) is 9.90. The fourth-order valence-corrected chi connectivity index (χ4v) is 2.86. The Morgan fingerprint density at radius 2 is 2.24 bits per heavy atom. The number of carbonyl (C=O) groups is 2. The van der Waals surface area contributed by atoms with E-state index < -0.39 is 23.4 Å². The zero-order chi connectivity index (χ0) is 15.6. The number of hydrogen-bond donors (Lipinski definition) is 2. The summed E-state index contributed by atoms with van der Waals surface area (Å²) in [6.45, 7) is 2.05. The summed E-state index contributed by atoms with van der Waals surface area (Å²) in [6, 6.07) is 3.18. The maximum atomic E-state index is 13.6. The molecule has 7 heteroatoms. The second kappa shape index (κ2) is 5.89. The average molecular weight is 315 g/mol. The van der Waals surface area contributed by atoms with Crippen molar-refractivity contribution in [2.75, 3.05) is 11.9 Å². The number of carboxylic acid groups (broad SMARTS) is 1. The van der Waals surface area contributed by atoms with Crippen molar-refractivity contribution in [1.82, 2.24) is 4.90 Å². The first-order valence-electron chi connectivity index (χ1n) is 6.68. The number of anilines is 1. The molecule has 0 radical (unpaired) electrons. The van der Waals surface area contributed by atoms with E-state index in [1.165, 1.54) is 17.0 Å². The number of carbonyl (C=O) groups excluding carboxylic acids is 1. The molecule has 0 aromatic heterocycles. The summed E-state index contributed by atoms with van der Waals surface area (Å²) in [4.78, 5) is 25.1. The highest BCUT2D eigenvalue weighted by molar-refractivity contribution is 6.30. The molecule has 1 aliphatic rings. The summed E-state index contributed by atoms with van der Waals surface area (Å²) >= 11 is 5.77. The molecule has 114 valence electrons. The van der Waals surface area contributed by atoms with Crippen molar-refractivity contribution in [3.05, 3.63) is 29.0 Å². The van der Waals surface area contributed by atoms with Crippen LogP contribution in [0.25, 0.3) is 0 Å². The van der Waals surface area contributed by atoms with E-state index in [4.69, 9.17) is 11.6 Å². The molecule has 1 fully saturated rings. The summed E-state index contributed by atoms with van der Waals surface area (Å²) < 4.78 is 13.6. The zero-order valence-electron chi connectivity index (χ0n) is 11.5. The lowest BCUT2D eigenvalue weighted by Gasteiger charge is -2.33. The lowest BCUT2D eigenvalue weighted by molar-refractivity contribution is -0.148. The van der Waals surface area contributed by atoms with Crippen LogP contribution in [0.2, 0.25) is 5.02 Å². The number of carboxylic acids is 1. The highest BCUT2D eigenvalue weighted by Gasteiger charge is 2.48. The fraction of sp³-hybridized carbons (Fsp3) is 0.429. The van der Waals surface area contributed by atoms with E-state index in [2.05, 4.69) is 5.32 Å². The van der Waals surface area contributed by atoms with Crippen LogP contribution in [0.5, 0.6) is 0 Å². The SMILES string of the molecule is CCC1(C(=O)O)CCCN1C(=O)Nc1cc(Cl)ccc1F. The molecule has 0 spiro atoms. The van der Waals surface area contributed by atoms with Crippen LogP contribution < -0.4 is 5.32 Å². The van der Waals surface area contributed by atoms with Gasteiger partial charge in [-0.25, -0.2) is 14.0 Å². The van der Waals surface area contributed by atoms with Gasteiger partial charge in [-0.1, -0.05) is 18.5 Å². The zero-order valence-corrected chi connectivity index (χ0v) is 12.3. The molecule has 5 nitrogen and oxygen atoms in total. The van der Waals surface area contributed by atoms with Gasteiger partial charge < -0.3 is 15.3 Å². The van der Waals surface area contributed by atoms with Gasteiger partial charge in [0.2, 0.25) is 0 Å². The molecular formula is C14H16ClFN2O3. The van der Waals surface area contributed by atoms with Gasteiger partial charge >= 0.3 is 12.0 Å². The topological polar surface area (TPSA) is 69.6 Å². The minimum Gasteiger partial charge on any atom is -0.479 e. The van der Waals surface area contributed by atoms with Gasteiger partial charge in [0.15, 0.2) is 0 Å². The minimum atomic E-state index is -1.22. The monoisotopic (exact) mass is 314 g/mol. The Labute approximate surface area is 126 Å². The number of nitrogens with zero attached hydrogens (tertiary/aromatic N) is 1. The molecule has 1 aliphatic heterocycles. The molecule has 0 saturated carbocycles. The second-order valence-corrected chi connectivity index (χ2v) is 5.44. The predicted octanol–water partition coefficient (Wildman–Crippen LogP) is 3.34. The highest BCUT2D eigenvalue weighted by atomic mass is 35.5. The number of hydrogen-bond acceptors (Lipinski definition) is 2. The van der Waals surface area contributed by atoms with Crippen LogP contribution in [0, 0.1) is 5.82 Å². The van der Waals surface area contributed by atoms with Gasteiger partial charge in [0.05, 0.1) is 5.69 Å². The maximum Gasteiger partial charge on any atom is 0.329 e. The average Bonchev–Trinajstić information content (AvgIpc) is 2.88. The van der Waals surface area contributed by atoms with Crippen LogP contribution >= 0.6 is 11.6 Å². The number of urea groups is 1. The Balaban J connectivity index is 2.23. The van der Waals surface area contributed by atoms with E-state index in [1.807, 2.05) is 0 Å². The molecular weight excluding hydrogens is 299 g/mol. The predicted molar refractivity (Wildman–Crippen MR) is 77.0 cm³/mol. The van der Waals surface area contributed by atoms with Gasteiger partial charge in [-0.05, 0) is 37.5 Å². The van der Waals surface area contributed by atoms with E-state index in [9.17, 15) is 19.1 Å². The largest absolute Gasteiger partial charge is 0.479 e. The van der Waals surface area contributed by atoms with Crippen molar-refractivity contribution in [2.24, 2.45) is 0 Å². The standard InChI is InChI=1S/C14H16ClFN2O3/c1-2-14(12(19)20)6-3-7-18(14)13(21)17-11-8-9(15)4-5-10(11)16/h4-5,8H,2-3,6-7H2,1H3,(H,17,21)(H,19,20). The lowest BCUT2D eigenvalue weighted by atomic mass is 9.93. The smallest absolute Gasteiger partial charge is 0.329 e. The van der Waals surface area contributed by atoms with Crippen molar-refractivity contribution in [3.8, 4) is 0 Å². The van der Waals surface area contributed by atoms with Crippen molar-refractivity contribution < 1.29 is 19.1 Å². The van der Waals surface area contributed by atoms with Crippen LogP contribution in [0.4, 0.5) is 14.9 Å². The van der Waals surface area contributed by atoms with Gasteiger partial charge in [0, 0.05) is 11.6 Å². The van der Waals surface area contributed by atoms with Crippen molar-refractivity contribution in [3.63, 3.8) is 0 Å². The number of rotatable bonds is 3. The molecule has 2 N–H and O–H groups in total. The first-order valence-corrected chi connectivity index (χ1v) is 7.05. The Bertz CT molecular complexity index is 581. The third-order valence-corrected chi connectivity index (χ3v) is 4.12. The Kier molecular flexibility index (Phi) is 4.37. The third kappa shape index (κ3) is 2.81. The van der Waals surface area contributed by atoms with Crippen molar-refractivity contribution in [2.45, 2.75) is 31.7 Å². The number of aliphatic carboxylic acids is 1. The van der Waals surface area contributed by atoms with Crippen LogP contribution in [-0.2, 0) is 4.79 Å². The Hall–Kier alpha value is -1.82. The molecule has 21 heavy (non-hydrogen) atoms. The molecule has 1 atom stereocenters. The van der Waals surface area contributed by atoms with Gasteiger partial charge in [0.25, 0.3) is 0 Å². The van der Waals surface area contributed by atoms with E-state index in [0.717, 1.165) is 6.07 Å². The van der Waals surface area contributed by atoms with E-state index in [1.54, 1.807) is 6.92 Å². The first kappa shape index (κ1) is 15.6. The quantitative estimate of drug-likeness (QED) is 0.899. The minimum absolute atomic E-state index is 0.0604. The third-order valence-electron chi connectivity index (χ3n) is 3.89. The van der Waals surface area contributed by atoms with Crippen LogP contribution in [0.15, 0.2) is 18.2 Å². The normalized spacial score (nSPS) is 21.4. The molecule has 1 aromatic rings. The van der Waals surface area contributed by atoms with Crippen LogP contribution in [0.3, 0.4) is 0 Å². The number of nitrogens with one attached hydrogen (secondary N) is 1. The summed E-state index contributed by atoms with van der Waals surface area (Å²) in [5, 5.41) is 12.1. The van der Waals surface area contributed by atoms with Crippen LogP contribution in [-0.4, -0.2) is 34.1 Å². The van der Waals surface area contributed by atoms with E-state index in [0.29, 0.717) is 25.8 Å². The number of amides is 2. The maximum absolute atomic E-state index is 13.6. The molecule has 2 amide bonds. The fourth-order valence-electron chi connectivity index (χ4n) is 2.69. The van der Waals surface area contributed by atoms with Crippen molar-refractivity contribution in [1.29, 1.82) is 0 Å². The number of benzene rings is 1. The summed E-state index contributed by atoms with van der Waals surface area (Å²) in [5.74, 6) is -1.66. The number of halogens is 2. The van der Waals surface area contributed by atoms with Crippen molar-refractivity contribution >= 4 is 29.3 Å². The second-order valence-electron chi connectivity index (χ2n) is 5.00. The molecule has 1 aromatic carbocycles. The van der Waals surface area contributed by atoms with Crippen LogP contribution in [0.1, 0.15) is 26.2 Å². The lowest BCUT2D eigenvalue weighted by Crippen LogP contribution is -2.54. The molecule has 1 saturated heterocycles. The molecule has 0 aliphatic carbocycles. The molecule has 1 heterocycles. The van der Waals surface area contributed by atoms with Gasteiger partial charge in [-0.3, -0.25) is 0 Å². The molecule has 1 unspecified atom stereocenters. The Morgan fingerprint density at radius 3 is 2.86 bits per heavy atom. The Morgan fingerprint density at radius 1 is 1.52 bits per heavy atom. The molecule has 0 bridgehead atoms. The number of likely N-dealkylation sites (tertiary alicyclic amines) is 1. The van der Waals surface area contributed by atoms with E-state index in [-0.39, 0.29) is 10.7 Å². The molecule has 2 rings (SSSR count). The summed E-state index contributed by atoms with van der Waals surface area (Å²) in [6.07, 6.45) is 1.30. The summed E-state index contributed by atoms with van der Waals surface area (Å²) in [5.41, 5.74) is -1.28. The van der Waals surface area contributed by atoms with Gasteiger partial charge in [0.1, 0.15) is 11.4 Å². The summed E-state index contributed by atoms with van der Waals surface area (Å²) in [7, 11) is 0. The highest BCUT2D eigenvalue weighted by Crippen LogP contribution is 2.33. The van der Waals surface area contributed by atoms with Gasteiger partial charge in [-0.15, -0.1) is 0 Å². The van der Waals surface area contributed by atoms with E-state index >= 15 is 0 Å². The van der Waals surface area contributed by atoms with Gasteiger partial charge in [-0.2, -0.15) is 0 Å².